The van der Waals surface area contributed by atoms with Crippen LogP contribution < -0.4 is 5.32 Å². The van der Waals surface area contributed by atoms with Crippen LogP contribution in [-0.4, -0.2) is 41.2 Å². The number of hydrogen-bond donors (Lipinski definition) is 1. The van der Waals surface area contributed by atoms with Gasteiger partial charge in [-0.2, -0.15) is 5.10 Å². The Kier molecular flexibility index (Phi) is 5.39. The lowest BCUT2D eigenvalue weighted by molar-refractivity contribution is -0.140. The fourth-order valence-corrected chi connectivity index (χ4v) is 3.96. The van der Waals surface area contributed by atoms with Crippen LogP contribution >= 0.6 is 0 Å². The highest BCUT2D eigenvalue weighted by Gasteiger charge is 2.38. The number of rotatable bonds is 5. The lowest BCUT2D eigenvalue weighted by Gasteiger charge is -2.43. The first-order chi connectivity index (χ1) is 11.1. The summed E-state index contributed by atoms with van der Waals surface area (Å²) in [5, 5.41) is 8.45. The maximum Gasteiger partial charge on any atom is 0.0741 e. The molecule has 23 heavy (non-hydrogen) atoms. The molecule has 1 atom stereocenters. The summed E-state index contributed by atoms with van der Waals surface area (Å²) in [5.74, 6) is 0. The van der Waals surface area contributed by atoms with Gasteiger partial charge in [-0.25, -0.2) is 0 Å². The first-order valence-corrected chi connectivity index (χ1v) is 9.11. The Bertz CT molecular complexity index is 515. The lowest BCUT2D eigenvalue weighted by atomic mass is 9.84. The van der Waals surface area contributed by atoms with Gasteiger partial charge in [0.25, 0.3) is 0 Å². The van der Waals surface area contributed by atoms with E-state index in [-0.39, 0.29) is 5.60 Å². The van der Waals surface area contributed by atoms with E-state index in [0.29, 0.717) is 6.04 Å². The monoisotopic (exact) mass is 321 g/mol. The number of aromatic nitrogens is 2. The van der Waals surface area contributed by atoms with Crippen molar-refractivity contribution >= 4 is 0 Å². The van der Waals surface area contributed by atoms with E-state index in [0.717, 1.165) is 70.7 Å². The number of ether oxygens (including phenoxy) is 2. The molecule has 2 aliphatic rings. The van der Waals surface area contributed by atoms with Crippen molar-refractivity contribution in [2.45, 2.75) is 77.6 Å². The highest BCUT2D eigenvalue weighted by Crippen LogP contribution is 2.34. The Morgan fingerprint density at radius 1 is 1.26 bits per heavy atom. The van der Waals surface area contributed by atoms with E-state index in [1.165, 1.54) is 11.3 Å². The van der Waals surface area contributed by atoms with Gasteiger partial charge in [-0.05, 0) is 46.0 Å². The van der Waals surface area contributed by atoms with Crippen molar-refractivity contribution in [3.8, 4) is 0 Å². The van der Waals surface area contributed by atoms with Gasteiger partial charge in [0, 0.05) is 50.2 Å². The normalized spacial score (nSPS) is 24.2. The van der Waals surface area contributed by atoms with E-state index in [2.05, 4.69) is 35.9 Å². The zero-order valence-electron chi connectivity index (χ0n) is 14.9. The lowest BCUT2D eigenvalue weighted by Crippen LogP contribution is -2.49. The third-order valence-electron chi connectivity index (χ3n) is 5.43. The summed E-state index contributed by atoms with van der Waals surface area (Å²) < 4.78 is 13.8. The molecule has 5 heteroatoms. The van der Waals surface area contributed by atoms with Crippen molar-refractivity contribution in [3.63, 3.8) is 0 Å². The average Bonchev–Trinajstić information content (AvgIpc) is 2.81. The van der Waals surface area contributed by atoms with Crippen molar-refractivity contribution in [2.24, 2.45) is 0 Å². The number of aryl methyl sites for hydroxylation is 2. The molecule has 0 radical (unpaired) electrons. The molecule has 0 amide bonds. The summed E-state index contributed by atoms with van der Waals surface area (Å²) in [6, 6.07) is 0.537. The van der Waals surface area contributed by atoms with Gasteiger partial charge in [-0.15, -0.1) is 0 Å². The highest BCUT2D eigenvalue weighted by atomic mass is 16.5. The van der Waals surface area contributed by atoms with Crippen LogP contribution in [0.4, 0.5) is 0 Å². The highest BCUT2D eigenvalue weighted by molar-refractivity contribution is 5.24. The van der Waals surface area contributed by atoms with Crippen molar-refractivity contribution in [1.29, 1.82) is 0 Å². The maximum atomic E-state index is 6.14. The molecule has 3 rings (SSSR count). The predicted molar refractivity (Wildman–Crippen MR) is 90.6 cm³/mol. The summed E-state index contributed by atoms with van der Waals surface area (Å²) >= 11 is 0. The van der Waals surface area contributed by atoms with E-state index >= 15 is 0 Å². The van der Waals surface area contributed by atoms with Crippen LogP contribution in [0.3, 0.4) is 0 Å². The van der Waals surface area contributed by atoms with Gasteiger partial charge in [0.2, 0.25) is 0 Å². The van der Waals surface area contributed by atoms with Crippen LogP contribution in [0.5, 0.6) is 0 Å². The Labute approximate surface area is 139 Å². The van der Waals surface area contributed by atoms with Crippen LogP contribution in [0.2, 0.25) is 0 Å². The third kappa shape index (κ3) is 3.78. The first kappa shape index (κ1) is 16.9. The molecule has 2 fully saturated rings. The second kappa shape index (κ2) is 7.32. The number of hydrogen-bond acceptors (Lipinski definition) is 4. The largest absolute Gasteiger partial charge is 0.381 e. The summed E-state index contributed by atoms with van der Waals surface area (Å²) in [4.78, 5) is 0. The van der Waals surface area contributed by atoms with Crippen LogP contribution in [0, 0.1) is 13.8 Å². The second-order valence-corrected chi connectivity index (χ2v) is 7.09. The molecule has 0 unspecified atom stereocenters. The summed E-state index contributed by atoms with van der Waals surface area (Å²) in [7, 11) is 0. The molecule has 1 N–H and O–H groups in total. The van der Waals surface area contributed by atoms with Crippen molar-refractivity contribution in [2.75, 3.05) is 19.8 Å². The Balaban J connectivity index is 1.60. The minimum Gasteiger partial charge on any atom is -0.381 e. The number of nitrogens with one attached hydrogen (secondary N) is 1. The van der Waals surface area contributed by atoms with Crippen LogP contribution in [0.25, 0.3) is 0 Å². The summed E-state index contributed by atoms with van der Waals surface area (Å²) in [6.07, 6.45) is 5.41. The minimum atomic E-state index is 0.0602. The molecule has 130 valence electrons. The third-order valence-corrected chi connectivity index (χ3v) is 5.43. The predicted octanol–water partition coefficient (Wildman–Crippen LogP) is 2.73. The SMILES string of the molecule is CCCn1nc(C)c(CN[C@H]2CCOC3(CCOCC3)C2)c1C. The van der Waals surface area contributed by atoms with Crippen molar-refractivity contribution in [1.82, 2.24) is 15.1 Å². The van der Waals surface area contributed by atoms with Gasteiger partial charge in [-0.3, -0.25) is 4.68 Å². The topological polar surface area (TPSA) is 48.3 Å². The maximum absolute atomic E-state index is 6.14. The zero-order chi connectivity index (χ0) is 16.3. The molecule has 0 bridgehead atoms. The van der Waals surface area contributed by atoms with Gasteiger partial charge in [0.1, 0.15) is 0 Å². The fraction of sp³-hybridized carbons (Fsp3) is 0.833. The Hall–Kier alpha value is -0.910. The molecule has 1 spiro atoms. The summed E-state index contributed by atoms with van der Waals surface area (Å²) in [5.41, 5.74) is 3.90. The van der Waals surface area contributed by atoms with Gasteiger partial charge in [-0.1, -0.05) is 6.92 Å². The molecule has 0 aliphatic carbocycles. The van der Waals surface area contributed by atoms with Crippen molar-refractivity contribution in [3.05, 3.63) is 17.0 Å². The quantitative estimate of drug-likeness (QED) is 0.906. The molecule has 2 saturated heterocycles. The first-order valence-electron chi connectivity index (χ1n) is 9.11. The van der Waals surface area contributed by atoms with Crippen LogP contribution in [-0.2, 0) is 22.6 Å². The minimum absolute atomic E-state index is 0.0602. The van der Waals surface area contributed by atoms with E-state index in [1.807, 2.05) is 0 Å². The standard InChI is InChI=1S/C18H31N3O2/c1-4-8-21-15(3)17(14(2)20-21)13-19-16-5-9-23-18(12-16)6-10-22-11-7-18/h16,19H,4-13H2,1-3H3/t16-/m0/s1. The van der Waals surface area contributed by atoms with E-state index in [4.69, 9.17) is 9.47 Å². The molecular weight excluding hydrogens is 290 g/mol. The average molecular weight is 321 g/mol. The molecule has 1 aromatic rings. The smallest absolute Gasteiger partial charge is 0.0741 e. The van der Waals surface area contributed by atoms with Gasteiger partial charge in [0.15, 0.2) is 0 Å². The van der Waals surface area contributed by atoms with E-state index < -0.39 is 0 Å². The Morgan fingerprint density at radius 2 is 2.04 bits per heavy atom. The molecule has 0 aromatic carbocycles. The molecule has 0 saturated carbocycles. The molecule has 1 aromatic heterocycles. The molecule has 3 heterocycles. The number of nitrogens with zero attached hydrogens (tertiary/aromatic N) is 2. The van der Waals surface area contributed by atoms with Gasteiger partial charge >= 0.3 is 0 Å². The van der Waals surface area contributed by atoms with Gasteiger partial charge in [0.05, 0.1) is 11.3 Å². The molecule has 5 nitrogen and oxygen atoms in total. The summed E-state index contributed by atoms with van der Waals surface area (Å²) in [6.45, 7) is 11.0. The van der Waals surface area contributed by atoms with Crippen LogP contribution in [0.15, 0.2) is 0 Å². The zero-order valence-corrected chi connectivity index (χ0v) is 14.9. The fourth-order valence-electron chi connectivity index (χ4n) is 3.96. The molecular formula is C18H31N3O2. The van der Waals surface area contributed by atoms with E-state index in [1.54, 1.807) is 0 Å². The van der Waals surface area contributed by atoms with Crippen molar-refractivity contribution < 1.29 is 9.47 Å². The molecule has 2 aliphatic heterocycles. The van der Waals surface area contributed by atoms with E-state index in [9.17, 15) is 0 Å². The second-order valence-electron chi connectivity index (χ2n) is 7.09. The van der Waals surface area contributed by atoms with Crippen LogP contribution in [0.1, 0.15) is 56.0 Å². The van der Waals surface area contributed by atoms with Gasteiger partial charge < -0.3 is 14.8 Å². The Morgan fingerprint density at radius 3 is 2.78 bits per heavy atom.